The highest BCUT2D eigenvalue weighted by atomic mass is 16.7. The van der Waals surface area contributed by atoms with E-state index in [1.165, 1.54) is 0 Å². The molecule has 0 bridgehead atoms. The van der Waals surface area contributed by atoms with Crippen molar-refractivity contribution in [2.24, 2.45) is 40.2 Å². The van der Waals surface area contributed by atoms with Crippen LogP contribution in [-0.2, 0) is 19.0 Å². The van der Waals surface area contributed by atoms with Crippen molar-refractivity contribution in [3.05, 3.63) is 11.6 Å². The second-order valence-electron chi connectivity index (χ2n) is 13.2. The minimum absolute atomic E-state index is 0.0135. The van der Waals surface area contributed by atoms with Crippen LogP contribution in [-0.4, -0.2) is 70.7 Å². The van der Waals surface area contributed by atoms with Crippen molar-refractivity contribution >= 4 is 5.97 Å². The molecule has 0 aromatic heterocycles. The van der Waals surface area contributed by atoms with Crippen LogP contribution >= 0.6 is 0 Å². The molecule has 0 radical (unpaired) electrons. The number of ether oxygens (including phenoxy) is 3. The van der Waals surface area contributed by atoms with Crippen LogP contribution in [0.1, 0.15) is 71.6 Å². The van der Waals surface area contributed by atoms with E-state index in [9.17, 15) is 20.1 Å². The first-order chi connectivity index (χ1) is 17.1. The lowest BCUT2D eigenvalue weighted by Gasteiger charge is -2.64. The number of carbonyl (C=O) groups excluding carboxylic acids is 1. The number of aliphatic hydroxyl groups excluding tert-OH is 2. The second kappa shape index (κ2) is 8.75. The van der Waals surface area contributed by atoms with Crippen molar-refractivity contribution in [2.45, 2.75) is 108 Å². The molecule has 1 saturated heterocycles. The van der Waals surface area contributed by atoms with Crippen molar-refractivity contribution in [1.29, 1.82) is 0 Å². The Kier molecular flexibility index (Phi) is 6.14. The highest BCUT2D eigenvalue weighted by Gasteiger charge is 2.67. The Hall–Kier alpha value is -1.03. The van der Waals surface area contributed by atoms with E-state index in [0.717, 1.165) is 63.4 Å². The van der Waals surface area contributed by atoms with E-state index >= 15 is 0 Å². The van der Waals surface area contributed by atoms with Gasteiger partial charge in [0, 0.05) is 11.5 Å². The molecule has 6 rings (SSSR count). The Balaban J connectivity index is 1.16. The highest BCUT2D eigenvalue weighted by molar-refractivity contribution is 5.85. The van der Waals surface area contributed by atoms with Crippen LogP contribution in [0.25, 0.3) is 0 Å². The number of carbonyl (C=O) groups is 1. The van der Waals surface area contributed by atoms with E-state index < -0.39 is 30.1 Å². The maximum absolute atomic E-state index is 12.4. The number of rotatable bonds is 3. The zero-order valence-electron chi connectivity index (χ0n) is 21.6. The molecule has 0 spiro atoms. The normalized spacial score (nSPS) is 54.8. The molecule has 12 atom stereocenters. The first kappa shape index (κ1) is 25.3. The van der Waals surface area contributed by atoms with Crippen molar-refractivity contribution in [3.63, 3.8) is 0 Å². The van der Waals surface area contributed by atoms with E-state index in [4.69, 9.17) is 19.9 Å². The molecule has 8 nitrogen and oxygen atoms in total. The number of cyclic esters (lactones) is 1. The van der Waals surface area contributed by atoms with Gasteiger partial charge in [0.2, 0.25) is 0 Å². The minimum Gasteiger partial charge on any atom is -0.458 e. The fraction of sp³-hybridized carbons (Fsp3) is 0.893. The molecule has 6 aliphatic rings. The molecule has 2 aliphatic heterocycles. The molecule has 5 fully saturated rings. The summed E-state index contributed by atoms with van der Waals surface area (Å²) >= 11 is 0. The largest absolute Gasteiger partial charge is 0.458 e. The number of hydrogen-bond acceptors (Lipinski definition) is 8. The van der Waals surface area contributed by atoms with Gasteiger partial charge in [0.25, 0.3) is 0 Å². The van der Waals surface area contributed by atoms with Crippen LogP contribution in [0.4, 0.5) is 0 Å². The molecule has 202 valence electrons. The summed E-state index contributed by atoms with van der Waals surface area (Å²) in [5, 5.41) is 32.9. The third kappa shape index (κ3) is 3.58. The summed E-state index contributed by atoms with van der Waals surface area (Å²) in [5.74, 6) is 1.22. The molecule has 5 N–H and O–H groups in total. The standard InChI is InChI=1S/C28H43NO7/c1-26-8-5-17(36-25-24(32)23(31)21(29)14-35-25)12-16(26)3-4-20-19(26)6-9-27(2)18(7-10-28(20,27)33)15-11-22(30)34-13-15/h11,16-21,23-25,31-33H,3-10,12-14,29H2,1-2H3/t16?,17-,18+,19?,20?,21-,23?,24?,25+,26-,27+,28-/m0/s1. The summed E-state index contributed by atoms with van der Waals surface area (Å²) < 4.78 is 17.1. The van der Waals surface area contributed by atoms with Crippen LogP contribution in [0.15, 0.2) is 11.6 Å². The number of fused-ring (bicyclic) bond motifs is 5. The van der Waals surface area contributed by atoms with Crippen molar-refractivity contribution in [3.8, 4) is 0 Å². The highest BCUT2D eigenvalue weighted by Crippen LogP contribution is 2.70. The smallest absolute Gasteiger partial charge is 0.331 e. The van der Waals surface area contributed by atoms with Gasteiger partial charge in [-0.25, -0.2) is 4.79 Å². The molecule has 8 heteroatoms. The lowest BCUT2D eigenvalue weighted by molar-refractivity contribution is -0.274. The topological polar surface area (TPSA) is 131 Å². The maximum atomic E-state index is 12.4. The molecule has 2 heterocycles. The van der Waals surface area contributed by atoms with Gasteiger partial charge >= 0.3 is 5.97 Å². The van der Waals surface area contributed by atoms with Crippen molar-refractivity contribution in [2.75, 3.05) is 13.2 Å². The van der Waals surface area contributed by atoms with E-state index in [1.54, 1.807) is 6.08 Å². The minimum atomic E-state index is -1.13. The van der Waals surface area contributed by atoms with Gasteiger partial charge in [-0.1, -0.05) is 13.8 Å². The van der Waals surface area contributed by atoms with Crippen LogP contribution in [0.5, 0.6) is 0 Å². The summed E-state index contributed by atoms with van der Waals surface area (Å²) in [6.07, 6.45) is 7.37. The Bertz CT molecular complexity index is 926. The number of hydrogen-bond donors (Lipinski definition) is 4. The lowest BCUT2D eigenvalue weighted by atomic mass is 9.43. The van der Waals surface area contributed by atoms with Gasteiger partial charge in [-0.2, -0.15) is 0 Å². The monoisotopic (exact) mass is 505 g/mol. The van der Waals surface area contributed by atoms with Gasteiger partial charge in [-0.15, -0.1) is 0 Å². The fourth-order valence-electron chi connectivity index (χ4n) is 9.62. The molecule has 0 amide bonds. The molecular weight excluding hydrogens is 462 g/mol. The van der Waals surface area contributed by atoms with Crippen LogP contribution in [0.2, 0.25) is 0 Å². The third-order valence-electron chi connectivity index (χ3n) is 11.8. The fourth-order valence-corrected chi connectivity index (χ4v) is 9.62. The first-order valence-corrected chi connectivity index (χ1v) is 14.1. The molecule has 4 saturated carbocycles. The zero-order chi connectivity index (χ0) is 25.5. The van der Waals surface area contributed by atoms with Crippen molar-refractivity contribution in [1.82, 2.24) is 0 Å². The van der Waals surface area contributed by atoms with Crippen LogP contribution in [0, 0.1) is 34.5 Å². The van der Waals surface area contributed by atoms with Gasteiger partial charge in [-0.3, -0.25) is 0 Å². The zero-order valence-corrected chi connectivity index (χ0v) is 21.6. The molecule has 0 aromatic rings. The lowest BCUT2D eigenvalue weighted by Crippen LogP contribution is -2.62. The average molecular weight is 506 g/mol. The Labute approximate surface area is 213 Å². The first-order valence-electron chi connectivity index (χ1n) is 14.1. The number of esters is 1. The quantitative estimate of drug-likeness (QED) is 0.339. The summed E-state index contributed by atoms with van der Waals surface area (Å²) in [5.41, 5.74) is 6.11. The Morgan fingerprint density at radius 3 is 2.58 bits per heavy atom. The summed E-state index contributed by atoms with van der Waals surface area (Å²) in [4.78, 5) is 11.8. The number of aliphatic hydroxyl groups is 3. The molecule has 4 aliphatic carbocycles. The summed E-state index contributed by atoms with van der Waals surface area (Å²) in [6.45, 7) is 5.26. The average Bonchev–Trinajstić information content (AvgIpc) is 3.39. The van der Waals surface area contributed by atoms with Gasteiger partial charge in [0.05, 0.1) is 24.4 Å². The van der Waals surface area contributed by atoms with E-state index in [0.29, 0.717) is 18.4 Å². The molecule has 5 unspecified atom stereocenters. The predicted molar refractivity (Wildman–Crippen MR) is 130 cm³/mol. The van der Waals surface area contributed by atoms with E-state index in [2.05, 4.69) is 13.8 Å². The van der Waals surface area contributed by atoms with Crippen LogP contribution < -0.4 is 5.73 Å². The Morgan fingerprint density at radius 2 is 1.83 bits per heavy atom. The SMILES string of the molecule is C[C@]12CC[C@H](O[C@H]3OC[C@H](N)C(O)C3O)CC1CCC1C2CC[C@]2(C)[C@@H](C3=CC(=O)OC3)CC[C@]12O. The Morgan fingerprint density at radius 1 is 1.03 bits per heavy atom. The van der Waals surface area contributed by atoms with E-state index in [-0.39, 0.29) is 41.3 Å². The third-order valence-corrected chi connectivity index (χ3v) is 11.8. The van der Waals surface area contributed by atoms with Crippen molar-refractivity contribution < 1.29 is 34.3 Å². The second-order valence-corrected chi connectivity index (χ2v) is 13.2. The van der Waals surface area contributed by atoms with Gasteiger partial charge in [0.1, 0.15) is 18.8 Å². The van der Waals surface area contributed by atoms with Gasteiger partial charge < -0.3 is 35.3 Å². The maximum Gasteiger partial charge on any atom is 0.331 e. The van der Waals surface area contributed by atoms with E-state index in [1.807, 2.05) is 0 Å². The van der Waals surface area contributed by atoms with Gasteiger partial charge in [-0.05, 0) is 92.4 Å². The summed E-state index contributed by atoms with van der Waals surface area (Å²) in [7, 11) is 0. The molecule has 36 heavy (non-hydrogen) atoms. The molecule has 0 aromatic carbocycles. The summed E-state index contributed by atoms with van der Waals surface area (Å²) in [6, 6.07) is -0.597. The van der Waals surface area contributed by atoms with Gasteiger partial charge in [0.15, 0.2) is 6.29 Å². The van der Waals surface area contributed by atoms with Crippen LogP contribution in [0.3, 0.4) is 0 Å². The predicted octanol–water partition coefficient (Wildman–Crippen LogP) is 2.03. The molecular formula is C28H43NO7. The number of nitrogens with two attached hydrogens (primary N) is 1.